The average molecular weight is 495 g/mol. The number of benzene rings is 1. The molecule has 188 valence electrons. The van der Waals surface area contributed by atoms with Gasteiger partial charge in [0.25, 0.3) is 0 Å². The van der Waals surface area contributed by atoms with Gasteiger partial charge < -0.3 is 9.64 Å². The summed E-state index contributed by atoms with van der Waals surface area (Å²) in [7, 11) is 1.72. The predicted molar refractivity (Wildman–Crippen MR) is 130 cm³/mol. The Balaban J connectivity index is 1.29. The zero-order valence-corrected chi connectivity index (χ0v) is 20.8. The summed E-state index contributed by atoms with van der Waals surface area (Å²) in [6.07, 6.45) is 6.45. The molecular formula is C26H28F2N6O2. The molecule has 36 heavy (non-hydrogen) atoms. The fourth-order valence-corrected chi connectivity index (χ4v) is 5.29. The third kappa shape index (κ3) is 3.88. The number of fused-ring (bicyclic) bond motifs is 2. The van der Waals surface area contributed by atoms with Crippen molar-refractivity contribution in [3.05, 3.63) is 42.2 Å². The number of hydrogen-bond acceptors (Lipinski definition) is 5. The molecule has 1 atom stereocenters. The number of likely N-dealkylation sites (tertiary alicyclic amines) is 1. The normalized spacial score (nSPS) is 19.4. The van der Waals surface area contributed by atoms with E-state index in [9.17, 15) is 9.18 Å². The van der Waals surface area contributed by atoms with E-state index in [-0.39, 0.29) is 28.7 Å². The van der Waals surface area contributed by atoms with Crippen LogP contribution < -0.4 is 0 Å². The Bertz CT molecular complexity index is 1510. The van der Waals surface area contributed by atoms with Crippen LogP contribution in [0.4, 0.5) is 13.6 Å². The van der Waals surface area contributed by atoms with Crippen LogP contribution in [0.2, 0.25) is 0 Å². The SMILES string of the molecule is Cn1cc2cc(-c3cc(F)c4nn(C5CCN(C(=O)OC(C)(C)C)C6(CC6)C5)cc4n3)cc(F)c2n1. The van der Waals surface area contributed by atoms with Gasteiger partial charge in [-0.05, 0) is 58.6 Å². The highest BCUT2D eigenvalue weighted by Crippen LogP contribution is 2.51. The molecule has 1 saturated heterocycles. The molecule has 2 fully saturated rings. The largest absolute Gasteiger partial charge is 0.444 e. The van der Waals surface area contributed by atoms with Crippen LogP contribution in [-0.2, 0) is 11.8 Å². The maximum atomic E-state index is 15.1. The monoisotopic (exact) mass is 494 g/mol. The lowest BCUT2D eigenvalue weighted by molar-refractivity contribution is 0.0000114. The molecule has 8 nitrogen and oxygen atoms in total. The van der Waals surface area contributed by atoms with Gasteiger partial charge in [0, 0.05) is 42.3 Å². The molecule has 10 heteroatoms. The number of amides is 1. The van der Waals surface area contributed by atoms with Gasteiger partial charge in [-0.2, -0.15) is 10.2 Å². The maximum absolute atomic E-state index is 15.1. The standard InChI is InChI=1S/C26H28F2N6O2/c1-25(2,3)36-24(35)33-8-5-17(12-26(33)6-7-26)34-14-21-23(31-34)19(28)11-20(29-21)15-9-16-13-32(4)30-22(16)18(27)10-15/h9-11,13-14,17H,5-8,12H2,1-4H3. The summed E-state index contributed by atoms with van der Waals surface area (Å²) in [6, 6.07) is 4.40. The Labute approximate surface area is 206 Å². The Morgan fingerprint density at radius 3 is 2.56 bits per heavy atom. The van der Waals surface area contributed by atoms with Gasteiger partial charge in [0.1, 0.15) is 22.2 Å². The van der Waals surface area contributed by atoms with Gasteiger partial charge in [-0.3, -0.25) is 9.36 Å². The van der Waals surface area contributed by atoms with Crippen LogP contribution in [0.15, 0.2) is 30.6 Å². The van der Waals surface area contributed by atoms with Gasteiger partial charge in [-0.15, -0.1) is 0 Å². The molecule has 1 aliphatic heterocycles. The van der Waals surface area contributed by atoms with Crippen LogP contribution in [-0.4, -0.2) is 53.2 Å². The van der Waals surface area contributed by atoms with Crippen LogP contribution in [0, 0.1) is 11.6 Å². The smallest absolute Gasteiger partial charge is 0.410 e. The van der Waals surface area contributed by atoms with Gasteiger partial charge in [-0.1, -0.05) is 0 Å². The highest BCUT2D eigenvalue weighted by atomic mass is 19.1. The van der Waals surface area contributed by atoms with Gasteiger partial charge in [0.2, 0.25) is 0 Å². The Kier molecular flexibility index (Phi) is 4.90. The van der Waals surface area contributed by atoms with Crippen LogP contribution in [0.1, 0.15) is 52.5 Å². The van der Waals surface area contributed by atoms with Crippen LogP contribution in [0.25, 0.3) is 33.2 Å². The minimum absolute atomic E-state index is 0.0208. The number of nitrogens with zero attached hydrogens (tertiary/aromatic N) is 6. The summed E-state index contributed by atoms with van der Waals surface area (Å²) < 4.78 is 38.7. The Morgan fingerprint density at radius 2 is 1.83 bits per heavy atom. The molecule has 1 spiro atoms. The highest BCUT2D eigenvalue weighted by Gasteiger charge is 2.54. The third-order valence-electron chi connectivity index (χ3n) is 7.10. The summed E-state index contributed by atoms with van der Waals surface area (Å²) in [5.74, 6) is -0.986. The van der Waals surface area contributed by atoms with Crippen LogP contribution >= 0.6 is 0 Å². The minimum Gasteiger partial charge on any atom is -0.444 e. The highest BCUT2D eigenvalue weighted by molar-refractivity contribution is 5.86. The number of ether oxygens (including phenoxy) is 1. The van der Waals surface area contributed by atoms with E-state index in [1.807, 2.05) is 25.7 Å². The number of carbonyl (C=O) groups is 1. The Hall–Kier alpha value is -3.56. The van der Waals surface area contributed by atoms with E-state index < -0.39 is 17.2 Å². The zero-order chi connectivity index (χ0) is 25.4. The minimum atomic E-state index is -0.547. The molecule has 0 N–H and O–H groups in total. The number of piperidine rings is 1. The summed E-state index contributed by atoms with van der Waals surface area (Å²) in [4.78, 5) is 19.2. The molecule has 4 aromatic rings. The van der Waals surface area contributed by atoms with E-state index in [0.29, 0.717) is 35.1 Å². The first kappa shape index (κ1) is 22.9. The molecule has 3 aromatic heterocycles. The fourth-order valence-electron chi connectivity index (χ4n) is 5.29. The van der Waals surface area contributed by atoms with Crippen molar-refractivity contribution in [3.63, 3.8) is 0 Å². The zero-order valence-electron chi connectivity index (χ0n) is 20.8. The summed E-state index contributed by atoms with van der Waals surface area (Å²) in [5, 5.41) is 9.27. The molecule has 6 rings (SSSR count). The number of aromatic nitrogens is 5. The van der Waals surface area contributed by atoms with Crippen LogP contribution in [0.5, 0.6) is 0 Å². The quantitative estimate of drug-likeness (QED) is 0.375. The first-order chi connectivity index (χ1) is 17.0. The van der Waals surface area contributed by atoms with Crippen molar-refractivity contribution in [2.24, 2.45) is 7.05 Å². The Morgan fingerprint density at radius 1 is 1.08 bits per heavy atom. The van der Waals surface area contributed by atoms with Crippen molar-refractivity contribution in [1.82, 2.24) is 29.4 Å². The molecule has 1 aromatic carbocycles. The second-order valence-electron chi connectivity index (χ2n) is 11.0. The summed E-state index contributed by atoms with van der Waals surface area (Å²) in [6.45, 7) is 6.16. The maximum Gasteiger partial charge on any atom is 0.410 e. The van der Waals surface area contributed by atoms with Gasteiger partial charge in [0.05, 0.1) is 17.9 Å². The van der Waals surface area contributed by atoms with Crippen LogP contribution in [0.3, 0.4) is 0 Å². The van der Waals surface area contributed by atoms with Crippen molar-refractivity contribution in [2.45, 2.75) is 63.6 Å². The van der Waals surface area contributed by atoms with Crippen molar-refractivity contribution in [2.75, 3.05) is 6.54 Å². The molecular weight excluding hydrogens is 466 g/mol. The summed E-state index contributed by atoms with van der Waals surface area (Å²) in [5.41, 5.74) is 0.901. The molecule has 1 saturated carbocycles. The lowest BCUT2D eigenvalue weighted by Crippen LogP contribution is -2.50. The van der Waals surface area contributed by atoms with Crippen molar-refractivity contribution in [1.29, 1.82) is 0 Å². The second kappa shape index (κ2) is 7.72. The van der Waals surface area contributed by atoms with Gasteiger partial charge >= 0.3 is 6.09 Å². The number of rotatable bonds is 2. The van der Waals surface area contributed by atoms with E-state index in [4.69, 9.17) is 4.74 Å². The van der Waals surface area contributed by atoms with Crippen molar-refractivity contribution >= 4 is 28.0 Å². The van der Waals surface area contributed by atoms with E-state index in [0.717, 1.165) is 19.3 Å². The fraction of sp³-hybridized carbons (Fsp3) is 0.462. The number of aryl methyl sites for hydroxylation is 1. The van der Waals surface area contributed by atoms with E-state index in [2.05, 4.69) is 15.2 Å². The molecule has 4 heterocycles. The lowest BCUT2D eigenvalue weighted by atomic mass is 9.95. The lowest BCUT2D eigenvalue weighted by Gasteiger charge is -2.40. The summed E-state index contributed by atoms with van der Waals surface area (Å²) >= 11 is 0. The van der Waals surface area contributed by atoms with E-state index in [1.165, 1.54) is 12.1 Å². The first-order valence-corrected chi connectivity index (χ1v) is 12.2. The van der Waals surface area contributed by atoms with Gasteiger partial charge in [-0.25, -0.2) is 18.6 Å². The van der Waals surface area contributed by atoms with Crippen molar-refractivity contribution < 1.29 is 18.3 Å². The molecule has 1 aliphatic carbocycles. The molecule has 0 radical (unpaired) electrons. The first-order valence-electron chi connectivity index (χ1n) is 12.2. The molecule has 1 unspecified atom stereocenters. The number of carbonyl (C=O) groups excluding carboxylic acids is 1. The van der Waals surface area contributed by atoms with E-state index >= 15 is 4.39 Å². The van der Waals surface area contributed by atoms with Gasteiger partial charge in [0.15, 0.2) is 11.6 Å². The molecule has 1 amide bonds. The third-order valence-corrected chi connectivity index (χ3v) is 7.10. The van der Waals surface area contributed by atoms with E-state index in [1.54, 1.807) is 34.9 Å². The van der Waals surface area contributed by atoms with Crippen molar-refractivity contribution in [3.8, 4) is 11.3 Å². The predicted octanol–water partition coefficient (Wildman–Crippen LogP) is 5.37. The molecule has 2 aliphatic rings. The molecule has 0 bridgehead atoms. The topological polar surface area (TPSA) is 78.1 Å². The average Bonchev–Trinajstić information content (AvgIpc) is 3.23. The number of halogens is 2. The second-order valence-corrected chi connectivity index (χ2v) is 11.0. The number of hydrogen-bond donors (Lipinski definition) is 0. The number of pyridine rings is 1.